The zero-order chi connectivity index (χ0) is 18.3. The van der Waals surface area contributed by atoms with Gasteiger partial charge in [-0.25, -0.2) is 8.42 Å². The van der Waals surface area contributed by atoms with Crippen LogP contribution >= 0.6 is 0 Å². The molecule has 7 nitrogen and oxygen atoms in total. The molecule has 0 aromatic carbocycles. The Balaban J connectivity index is 1.53. The molecule has 4 rings (SSSR count). The molecule has 2 atom stereocenters. The van der Waals surface area contributed by atoms with Gasteiger partial charge in [-0.15, -0.1) is 0 Å². The van der Waals surface area contributed by atoms with Crippen molar-refractivity contribution in [2.24, 2.45) is 5.92 Å². The molecule has 140 valence electrons. The van der Waals surface area contributed by atoms with Crippen LogP contribution in [-0.2, 0) is 14.6 Å². The molecule has 2 saturated heterocycles. The van der Waals surface area contributed by atoms with Crippen molar-refractivity contribution in [1.29, 1.82) is 0 Å². The molecule has 0 N–H and O–H groups in total. The third-order valence-electron chi connectivity index (χ3n) is 5.60. The van der Waals surface area contributed by atoms with Crippen molar-refractivity contribution >= 4 is 21.7 Å². The predicted molar refractivity (Wildman–Crippen MR) is 95.2 cm³/mol. The van der Waals surface area contributed by atoms with E-state index in [4.69, 9.17) is 0 Å². The number of pyridine rings is 1. The van der Waals surface area contributed by atoms with E-state index >= 15 is 0 Å². The molecule has 0 spiro atoms. The van der Waals surface area contributed by atoms with Crippen LogP contribution in [0.4, 0.5) is 0 Å². The number of hydrogen-bond donors (Lipinski definition) is 0. The van der Waals surface area contributed by atoms with Gasteiger partial charge in [-0.3, -0.25) is 14.6 Å². The van der Waals surface area contributed by atoms with Gasteiger partial charge in [-0.1, -0.05) is 18.9 Å². The molecule has 2 amide bonds. The van der Waals surface area contributed by atoms with Crippen molar-refractivity contribution in [3.05, 3.63) is 30.1 Å². The molecule has 8 heteroatoms. The lowest BCUT2D eigenvalue weighted by molar-refractivity contribution is -0.136. The first-order chi connectivity index (χ1) is 12.4. The van der Waals surface area contributed by atoms with Gasteiger partial charge in [-0.2, -0.15) is 0 Å². The van der Waals surface area contributed by atoms with E-state index in [0.29, 0.717) is 31.1 Å². The normalized spacial score (nSPS) is 27.2. The summed E-state index contributed by atoms with van der Waals surface area (Å²) in [5, 5.41) is 0. The fourth-order valence-corrected chi connectivity index (χ4v) is 6.01. The maximum atomic E-state index is 12.8. The van der Waals surface area contributed by atoms with Crippen molar-refractivity contribution in [2.45, 2.75) is 37.8 Å². The average Bonchev–Trinajstić information content (AvgIpc) is 3.39. The summed E-state index contributed by atoms with van der Waals surface area (Å²) in [5.74, 6) is 0.285. The lowest BCUT2D eigenvalue weighted by Crippen LogP contribution is -2.62. The molecule has 1 aromatic rings. The van der Waals surface area contributed by atoms with Crippen LogP contribution in [0.5, 0.6) is 0 Å². The molecule has 3 fully saturated rings. The summed E-state index contributed by atoms with van der Waals surface area (Å²) in [6, 6.07) is 4.19. The first-order valence-corrected chi connectivity index (χ1v) is 11.0. The van der Waals surface area contributed by atoms with E-state index in [2.05, 4.69) is 4.98 Å². The Morgan fingerprint density at radius 1 is 1.08 bits per heavy atom. The number of hydrogen-bond acceptors (Lipinski definition) is 5. The molecule has 0 bridgehead atoms. The molecule has 1 saturated carbocycles. The zero-order valence-electron chi connectivity index (χ0n) is 14.6. The number of nitrogens with zero attached hydrogens (tertiary/aromatic N) is 3. The van der Waals surface area contributed by atoms with E-state index in [0.717, 1.165) is 6.42 Å². The summed E-state index contributed by atoms with van der Waals surface area (Å²) < 4.78 is 24.5. The van der Waals surface area contributed by atoms with Gasteiger partial charge >= 0.3 is 0 Å². The third kappa shape index (κ3) is 3.47. The highest BCUT2D eigenvalue weighted by atomic mass is 32.2. The summed E-state index contributed by atoms with van der Waals surface area (Å²) in [4.78, 5) is 32.9. The third-order valence-corrected chi connectivity index (χ3v) is 7.30. The van der Waals surface area contributed by atoms with Crippen molar-refractivity contribution in [1.82, 2.24) is 14.8 Å². The molecule has 3 heterocycles. The second kappa shape index (κ2) is 6.64. The van der Waals surface area contributed by atoms with Gasteiger partial charge in [0.2, 0.25) is 5.91 Å². The van der Waals surface area contributed by atoms with Crippen LogP contribution in [0.3, 0.4) is 0 Å². The number of sulfone groups is 1. The monoisotopic (exact) mass is 377 g/mol. The first kappa shape index (κ1) is 17.5. The van der Waals surface area contributed by atoms with Gasteiger partial charge in [0.25, 0.3) is 5.91 Å². The van der Waals surface area contributed by atoms with Crippen molar-refractivity contribution in [3.63, 3.8) is 0 Å². The lowest BCUT2D eigenvalue weighted by Gasteiger charge is -2.43. The van der Waals surface area contributed by atoms with E-state index < -0.39 is 21.9 Å². The summed E-state index contributed by atoms with van der Waals surface area (Å²) in [7, 11) is -3.27. The van der Waals surface area contributed by atoms with Crippen LogP contribution in [-0.4, -0.2) is 71.7 Å². The zero-order valence-corrected chi connectivity index (χ0v) is 15.4. The van der Waals surface area contributed by atoms with E-state index in [1.807, 2.05) is 0 Å². The van der Waals surface area contributed by atoms with Crippen LogP contribution in [0.15, 0.2) is 24.4 Å². The molecule has 0 unspecified atom stereocenters. The standard InChI is InChI=1S/C18H23N3O4S/c22-17(7-6-13-4-5-13)20-9-10-21(16-12-26(24,25)11-15(16)20)18(23)14-3-1-2-8-19-14/h1-3,8,13,15-16H,4-7,9-12H2/t15-,16+/m0/s1. The first-order valence-electron chi connectivity index (χ1n) is 9.16. The van der Waals surface area contributed by atoms with Gasteiger partial charge in [0.15, 0.2) is 9.84 Å². The van der Waals surface area contributed by atoms with E-state index in [1.54, 1.807) is 34.2 Å². The Morgan fingerprint density at radius 3 is 2.42 bits per heavy atom. The van der Waals surface area contributed by atoms with Crippen LogP contribution in [0, 0.1) is 5.92 Å². The fourth-order valence-electron chi connectivity index (χ4n) is 4.03. The number of piperazine rings is 1. The number of amides is 2. The average molecular weight is 377 g/mol. The maximum Gasteiger partial charge on any atom is 0.272 e. The second-order valence-corrected chi connectivity index (χ2v) is 9.65. The maximum absolute atomic E-state index is 12.8. The molecule has 0 radical (unpaired) electrons. The molecule has 26 heavy (non-hydrogen) atoms. The minimum Gasteiger partial charge on any atom is -0.335 e. The van der Waals surface area contributed by atoms with Gasteiger partial charge in [0.05, 0.1) is 23.6 Å². The number of carbonyl (C=O) groups excluding carboxylic acids is 2. The van der Waals surface area contributed by atoms with E-state index in [-0.39, 0.29) is 23.3 Å². The van der Waals surface area contributed by atoms with Crippen molar-refractivity contribution in [3.8, 4) is 0 Å². The molecule has 1 aliphatic carbocycles. The van der Waals surface area contributed by atoms with Crippen molar-refractivity contribution in [2.75, 3.05) is 24.6 Å². The fraction of sp³-hybridized carbons (Fsp3) is 0.611. The second-order valence-electron chi connectivity index (χ2n) is 7.49. The topological polar surface area (TPSA) is 87.7 Å². The minimum atomic E-state index is -3.27. The van der Waals surface area contributed by atoms with Crippen molar-refractivity contribution < 1.29 is 18.0 Å². The summed E-state index contributed by atoms with van der Waals surface area (Å²) >= 11 is 0. The van der Waals surface area contributed by atoms with Crippen LogP contribution in [0.25, 0.3) is 0 Å². The number of rotatable bonds is 4. The Hall–Kier alpha value is -1.96. The Kier molecular flexibility index (Phi) is 4.46. The van der Waals surface area contributed by atoms with E-state index in [1.165, 1.54) is 12.8 Å². The predicted octanol–water partition coefficient (Wildman–Crippen LogP) is 0.722. The smallest absolute Gasteiger partial charge is 0.272 e. The lowest BCUT2D eigenvalue weighted by atomic mass is 10.0. The molecule has 2 aliphatic heterocycles. The molecular formula is C18H23N3O4S. The highest BCUT2D eigenvalue weighted by Crippen LogP contribution is 2.34. The Labute approximate surface area is 153 Å². The van der Waals surface area contributed by atoms with Crippen LogP contribution < -0.4 is 0 Å². The minimum absolute atomic E-state index is 0.0222. The van der Waals surface area contributed by atoms with Gasteiger partial charge in [0, 0.05) is 25.7 Å². The molecule has 3 aliphatic rings. The number of carbonyl (C=O) groups is 2. The van der Waals surface area contributed by atoms with Crippen LogP contribution in [0.1, 0.15) is 36.2 Å². The van der Waals surface area contributed by atoms with Gasteiger partial charge < -0.3 is 9.80 Å². The highest BCUT2D eigenvalue weighted by molar-refractivity contribution is 7.91. The van der Waals surface area contributed by atoms with Gasteiger partial charge in [-0.05, 0) is 24.5 Å². The van der Waals surface area contributed by atoms with Gasteiger partial charge in [0.1, 0.15) is 5.69 Å². The number of aromatic nitrogens is 1. The molecular weight excluding hydrogens is 354 g/mol. The molecule has 1 aromatic heterocycles. The summed E-state index contributed by atoms with van der Waals surface area (Å²) in [6.07, 6.45) is 5.30. The van der Waals surface area contributed by atoms with E-state index in [9.17, 15) is 18.0 Å². The SMILES string of the molecule is O=C(c1ccccn1)N1CCN(C(=O)CCC2CC2)[C@H]2CS(=O)(=O)C[C@H]21. The Bertz CT molecular complexity index is 807. The Morgan fingerprint density at radius 2 is 1.77 bits per heavy atom. The van der Waals surface area contributed by atoms with Crippen LogP contribution in [0.2, 0.25) is 0 Å². The largest absolute Gasteiger partial charge is 0.335 e. The quantitative estimate of drug-likeness (QED) is 0.772. The summed E-state index contributed by atoms with van der Waals surface area (Å²) in [5.41, 5.74) is 0.309. The highest BCUT2D eigenvalue weighted by Gasteiger charge is 2.49. The summed E-state index contributed by atoms with van der Waals surface area (Å²) in [6.45, 7) is 0.736. The number of fused-ring (bicyclic) bond motifs is 1.